The van der Waals surface area contributed by atoms with Crippen molar-refractivity contribution >= 4 is 51.3 Å². The van der Waals surface area contributed by atoms with Gasteiger partial charge < -0.3 is 9.64 Å². The zero-order valence-corrected chi connectivity index (χ0v) is 18.5. The van der Waals surface area contributed by atoms with Gasteiger partial charge in [0.1, 0.15) is 11.2 Å². The van der Waals surface area contributed by atoms with Crippen LogP contribution in [0.4, 0.5) is 0 Å². The van der Waals surface area contributed by atoms with Crippen LogP contribution in [-0.4, -0.2) is 41.0 Å². The normalized spacial score (nSPS) is 12.3. The van der Waals surface area contributed by atoms with Gasteiger partial charge in [0.2, 0.25) is 5.91 Å². The highest BCUT2D eigenvalue weighted by Crippen LogP contribution is 2.15. The van der Waals surface area contributed by atoms with Crippen molar-refractivity contribution in [2.75, 3.05) is 19.7 Å². The van der Waals surface area contributed by atoms with Crippen LogP contribution in [0.25, 0.3) is 12.2 Å². The molecule has 1 amide bonds. The number of hydrogen-bond donors (Lipinski definition) is 0. The van der Waals surface area contributed by atoms with Crippen molar-refractivity contribution < 1.29 is 14.3 Å². The van der Waals surface area contributed by atoms with Crippen molar-refractivity contribution in [1.29, 1.82) is 0 Å². The molecule has 0 unspecified atom stereocenters. The third-order valence-electron chi connectivity index (χ3n) is 4.07. The van der Waals surface area contributed by atoms with E-state index in [0.717, 1.165) is 21.4 Å². The molecule has 0 aliphatic rings. The highest BCUT2D eigenvalue weighted by atomic mass is 79.9. The van der Waals surface area contributed by atoms with E-state index in [1.165, 1.54) is 10.6 Å². The van der Waals surface area contributed by atoms with Crippen LogP contribution in [0.3, 0.4) is 0 Å². The Labute approximate surface area is 175 Å². The third kappa shape index (κ3) is 5.42. The molecule has 0 atom stereocenters. The van der Waals surface area contributed by atoms with Gasteiger partial charge in [0, 0.05) is 17.6 Å². The van der Waals surface area contributed by atoms with Gasteiger partial charge in [0.25, 0.3) is 5.56 Å². The van der Waals surface area contributed by atoms with Gasteiger partial charge in [-0.05, 0) is 38.5 Å². The number of benzene rings is 1. The molecule has 0 saturated heterocycles. The van der Waals surface area contributed by atoms with E-state index in [0.29, 0.717) is 22.3 Å². The first-order valence-corrected chi connectivity index (χ1v) is 10.6. The maximum absolute atomic E-state index is 13.0. The van der Waals surface area contributed by atoms with E-state index in [-0.39, 0.29) is 24.6 Å². The smallest absolute Gasteiger partial charge is 0.333 e. The Morgan fingerprint density at radius 2 is 1.89 bits per heavy atom. The van der Waals surface area contributed by atoms with Crippen molar-refractivity contribution in [3.05, 3.63) is 53.9 Å². The molecule has 28 heavy (non-hydrogen) atoms. The predicted octanol–water partition coefficient (Wildman–Crippen LogP) is 1.71. The van der Waals surface area contributed by atoms with Crippen LogP contribution in [-0.2, 0) is 20.9 Å². The number of ether oxygens (including phenoxy) is 1. The molecule has 0 aliphatic heterocycles. The minimum Gasteiger partial charge on any atom is -0.463 e. The minimum atomic E-state index is -0.541. The number of thiazole rings is 1. The van der Waals surface area contributed by atoms with E-state index in [4.69, 9.17) is 4.74 Å². The average Bonchev–Trinajstić information content (AvgIpc) is 2.93. The summed E-state index contributed by atoms with van der Waals surface area (Å²) in [5, 5.41) is 0. The number of nitrogens with zero attached hydrogens (tertiary/aromatic N) is 2. The molecule has 8 heteroatoms. The van der Waals surface area contributed by atoms with E-state index in [2.05, 4.69) is 15.9 Å². The number of carbonyl (C=O) groups is 2. The summed E-state index contributed by atoms with van der Waals surface area (Å²) in [5.74, 6) is -0.712. The van der Waals surface area contributed by atoms with Gasteiger partial charge in [-0.2, -0.15) is 0 Å². The van der Waals surface area contributed by atoms with Gasteiger partial charge in [0.05, 0.1) is 17.2 Å². The SMILES string of the molecule is CCOC(=O)/C=c1\s/c(=C\c2ccccc2Br)c(=O)n1CC(=O)N(CC)CC. The molecule has 2 rings (SSSR count). The van der Waals surface area contributed by atoms with E-state index >= 15 is 0 Å². The first-order valence-electron chi connectivity index (χ1n) is 9.03. The molecule has 1 aromatic heterocycles. The number of hydrogen-bond acceptors (Lipinski definition) is 5. The molecule has 0 bridgehead atoms. The molecule has 0 saturated carbocycles. The molecule has 6 nitrogen and oxygen atoms in total. The molecule has 0 fully saturated rings. The van der Waals surface area contributed by atoms with Crippen LogP contribution in [0.1, 0.15) is 26.3 Å². The zero-order valence-electron chi connectivity index (χ0n) is 16.1. The maximum Gasteiger partial charge on any atom is 0.333 e. The topological polar surface area (TPSA) is 68.6 Å². The van der Waals surface area contributed by atoms with Crippen LogP contribution in [0.5, 0.6) is 0 Å². The lowest BCUT2D eigenvalue weighted by Crippen LogP contribution is -2.40. The summed E-state index contributed by atoms with van der Waals surface area (Å²) in [4.78, 5) is 39.1. The second-order valence-electron chi connectivity index (χ2n) is 5.82. The first-order chi connectivity index (χ1) is 13.4. The van der Waals surface area contributed by atoms with Crippen LogP contribution in [0, 0.1) is 0 Å². The van der Waals surface area contributed by atoms with Gasteiger partial charge in [-0.1, -0.05) is 34.1 Å². The second kappa shape index (κ2) is 10.4. The standard InChI is InChI=1S/C20H23BrN2O4S/c1-4-22(5-2)17(24)13-23-18(12-19(25)27-6-3)28-16(20(23)26)11-14-9-7-8-10-15(14)21/h7-12H,4-6,13H2,1-3H3/b16-11-,18-12-. The van der Waals surface area contributed by atoms with Crippen LogP contribution >= 0.6 is 27.3 Å². The Morgan fingerprint density at radius 1 is 1.21 bits per heavy atom. The van der Waals surface area contributed by atoms with Crippen molar-refractivity contribution in [3.8, 4) is 0 Å². The van der Waals surface area contributed by atoms with Gasteiger partial charge in [-0.25, -0.2) is 4.79 Å². The Hall–Kier alpha value is -2.19. The lowest BCUT2D eigenvalue weighted by Gasteiger charge is -2.18. The van der Waals surface area contributed by atoms with Gasteiger partial charge in [0.15, 0.2) is 0 Å². The number of carbonyl (C=O) groups excluding carboxylic acids is 2. The predicted molar refractivity (Wildman–Crippen MR) is 115 cm³/mol. The van der Waals surface area contributed by atoms with E-state index in [1.54, 1.807) is 17.9 Å². The molecular formula is C20H23BrN2O4S. The molecule has 2 aromatic rings. The second-order valence-corrected chi connectivity index (χ2v) is 7.74. The lowest BCUT2D eigenvalue weighted by molar-refractivity contribution is -0.135. The Morgan fingerprint density at radius 3 is 2.50 bits per heavy atom. The van der Waals surface area contributed by atoms with E-state index in [1.807, 2.05) is 38.1 Å². The van der Waals surface area contributed by atoms with E-state index in [9.17, 15) is 14.4 Å². The number of halogens is 1. The van der Waals surface area contributed by atoms with Crippen molar-refractivity contribution in [3.63, 3.8) is 0 Å². The fraction of sp³-hybridized carbons (Fsp3) is 0.350. The Kier molecular flexibility index (Phi) is 8.19. The van der Waals surface area contributed by atoms with Crippen LogP contribution < -0.4 is 14.8 Å². The molecular weight excluding hydrogens is 444 g/mol. The van der Waals surface area contributed by atoms with Crippen molar-refractivity contribution in [1.82, 2.24) is 9.47 Å². The van der Waals surface area contributed by atoms with Crippen LogP contribution in [0.15, 0.2) is 33.5 Å². The van der Waals surface area contributed by atoms with E-state index < -0.39 is 5.97 Å². The number of rotatable bonds is 7. The summed E-state index contributed by atoms with van der Waals surface area (Å²) in [7, 11) is 0. The maximum atomic E-state index is 13.0. The molecule has 0 radical (unpaired) electrons. The highest BCUT2D eigenvalue weighted by molar-refractivity contribution is 9.10. The molecule has 0 spiro atoms. The van der Waals surface area contributed by atoms with Crippen molar-refractivity contribution in [2.45, 2.75) is 27.3 Å². The number of amides is 1. The number of esters is 1. The molecule has 0 aliphatic carbocycles. The summed E-state index contributed by atoms with van der Waals surface area (Å²) in [6.45, 7) is 6.71. The van der Waals surface area contributed by atoms with Gasteiger partial charge in [-0.3, -0.25) is 14.2 Å². The highest BCUT2D eigenvalue weighted by Gasteiger charge is 2.15. The summed E-state index contributed by atoms with van der Waals surface area (Å²) >= 11 is 4.62. The minimum absolute atomic E-state index is 0.119. The number of likely N-dealkylation sites (N-methyl/N-ethyl adjacent to an activating group) is 1. The largest absolute Gasteiger partial charge is 0.463 e. The summed E-state index contributed by atoms with van der Waals surface area (Å²) in [6.07, 6.45) is 3.01. The van der Waals surface area contributed by atoms with Crippen molar-refractivity contribution in [2.24, 2.45) is 0 Å². The van der Waals surface area contributed by atoms with Gasteiger partial charge in [-0.15, -0.1) is 11.3 Å². The Balaban J connectivity index is 2.60. The fourth-order valence-corrected chi connectivity index (χ4v) is 4.04. The quantitative estimate of drug-likeness (QED) is 0.582. The molecule has 150 valence electrons. The monoisotopic (exact) mass is 466 g/mol. The lowest BCUT2D eigenvalue weighted by atomic mass is 10.2. The molecule has 0 N–H and O–H groups in total. The third-order valence-corrected chi connectivity index (χ3v) is 5.85. The fourth-order valence-electron chi connectivity index (χ4n) is 2.62. The molecule has 1 aromatic carbocycles. The first kappa shape index (κ1) is 22.1. The summed E-state index contributed by atoms with van der Waals surface area (Å²) in [6, 6.07) is 7.52. The summed E-state index contributed by atoms with van der Waals surface area (Å²) < 4.78 is 7.99. The summed E-state index contributed by atoms with van der Waals surface area (Å²) in [5.41, 5.74) is 0.530. The number of aromatic nitrogens is 1. The molecule has 1 heterocycles. The zero-order chi connectivity index (χ0) is 20.7. The van der Waals surface area contributed by atoms with Gasteiger partial charge >= 0.3 is 5.97 Å². The van der Waals surface area contributed by atoms with Crippen LogP contribution in [0.2, 0.25) is 0 Å². The average molecular weight is 467 g/mol. The Bertz CT molecular complexity index is 1020.